The number of benzene rings is 3. The summed E-state index contributed by atoms with van der Waals surface area (Å²) in [5.74, 6) is 0. The molecule has 0 saturated heterocycles. The largest absolute Gasteiger partial charge is 0.318 e. The first kappa shape index (κ1) is 20.9. The molecule has 0 saturated carbocycles. The smallest absolute Gasteiger partial charge is 0.285 e. The van der Waals surface area contributed by atoms with Gasteiger partial charge < -0.3 is 4.57 Å². The monoisotopic (exact) mass is 474 g/mol. The van der Waals surface area contributed by atoms with Crippen molar-refractivity contribution in [3.05, 3.63) is 93.7 Å². The van der Waals surface area contributed by atoms with E-state index in [0.29, 0.717) is 14.8 Å². The van der Waals surface area contributed by atoms with Gasteiger partial charge in [0.15, 0.2) is 0 Å². The predicted molar refractivity (Wildman–Crippen MR) is 123 cm³/mol. The van der Waals surface area contributed by atoms with E-state index in [1.807, 2.05) is 61.6 Å². The molecular formula is C22H16Cl2N2O2S2. The van der Waals surface area contributed by atoms with Crippen LogP contribution in [0.3, 0.4) is 0 Å². The maximum Gasteiger partial charge on any atom is 0.285 e. The SMILES string of the molecule is Cn1c(-c2ccc(Cl)cc2)c(-c2ccccc2)sc1=NS(=O)(=O)c1ccc(Cl)cc1. The van der Waals surface area contributed by atoms with E-state index in [1.165, 1.54) is 35.6 Å². The summed E-state index contributed by atoms with van der Waals surface area (Å²) in [4.78, 5) is 1.38. The van der Waals surface area contributed by atoms with Crippen LogP contribution in [0.1, 0.15) is 0 Å². The van der Waals surface area contributed by atoms with Crippen LogP contribution in [0, 0.1) is 0 Å². The molecular weight excluding hydrogens is 459 g/mol. The van der Waals surface area contributed by atoms with Crippen LogP contribution in [0.25, 0.3) is 21.7 Å². The fraction of sp³-hybridized carbons (Fsp3) is 0.0455. The number of hydrogen-bond acceptors (Lipinski definition) is 3. The molecule has 4 nitrogen and oxygen atoms in total. The van der Waals surface area contributed by atoms with Gasteiger partial charge in [-0.25, -0.2) is 0 Å². The van der Waals surface area contributed by atoms with Crippen molar-refractivity contribution in [3.63, 3.8) is 0 Å². The van der Waals surface area contributed by atoms with Crippen molar-refractivity contribution < 1.29 is 8.42 Å². The zero-order valence-electron chi connectivity index (χ0n) is 15.8. The average Bonchev–Trinajstić information content (AvgIpc) is 3.05. The molecule has 30 heavy (non-hydrogen) atoms. The van der Waals surface area contributed by atoms with Crippen molar-refractivity contribution in [2.24, 2.45) is 11.4 Å². The molecule has 0 spiro atoms. The lowest BCUT2D eigenvalue weighted by Gasteiger charge is -2.07. The fourth-order valence-electron chi connectivity index (χ4n) is 3.02. The quantitative estimate of drug-likeness (QED) is 0.363. The zero-order chi connectivity index (χ0) is 21.3. The molecule has 1 heterocycles. The molecule has 0 atom stereocenters. The lowest BCUT2D eigenvalue weighted by Crippen LogP contribution is -2.14. The van der Waals surface area contributed by atoms with E-state index in [0.717, 1.165) is 21.7 Å². The minimum Gasteiger partial charge on any atom is -0.318 e. The number of aromatic nitrogens is 1. The summed E-state index contributed by atoms with van der Waals surface area (Å²) in [6.07, 6.45) is 0. The summed E-state index contributed by atoms with van der Waals surface area (Å²) >= 11 is 13.3. The van der Waals surface area contributed by atoms with Crippen molar-refractivity contribution in [3.8, 4) is 21.7 Å². The van der Waals surface area contributed by atoms with Gasteiger partial charge in [0.2, 0.25) is 4.80 Å². The van der Waals surface area contributed by atoms with Crippen molar-refractivity contribution in [2.45, 2.75) is 4.90 Å². The van der Waals surface area contributed by atoms with E-state index in [4.69, 9.17) is 23.2 Å². The van der Waals surface area contributed by atoms with Crippen molar-refractivity contribution in [1.29, 1.82) is 0 Å². The Balaban J connectivity index is 1.95. The van der Waals surface area contributed by atoms with Gasteiger partial charge in [0, 0.05) is 17.1 Å². The number of halogens is 2. The van der Waals surface area contributed by atoms with Crippen LogP contribution in [-0.2, 0) is 17.1 Å². The molecule has 8 heteroatoms. The lowest BCUT2D eigenvalue weighted by atomic mass is 10.1. The van der Waals surface area contributed by atoms with Gasteiger partial charge in [-0.3, -0.25) is 0 Å². The Morgan fingerprint density at radius 1 is 0.800 bits per heavy atom. The zero-order valence-corrected chi connectivity index (χ0v) is 18.9. The van der Waals surface area contributed by atoms with Gasteiger partial charge in [0.05, 0.1) is 15.5 Å². The third-order valence-corrected chi connectivity index (χ3v) is 7.58. The number of rotatable bonds is 4. The number of thiazole rings is 1. The molecule has 0 aliphatic heterocycles. The first-order valence-corrected chi connectivity index (χ1v) is 11.9. The predicted octanol–water partition coefficient (Wildman–Crippen LogP) is 6.02. The maximum absolute atomic E-state index is 12.9. The Labute approximate surface area is 188 Å². The second-order valence-electron chi connectivity index (χ2n) is 6.51. The van der Waals surface area contributed by atoms with E-state index in [2.05, 4.69) is 4.40 Å². The highest BCUT2D eigenvalue weighted by atomic mass is 35.5. The van der Waals surface area contributed by atoms with Crippen LogP contribution in [0.15, 0.2) is 88.2 Å². The number of hydrogen-bond donors (Lipinski definition) is 0. The van der Waals surface area contributed by atoms with E-state index >= 15 is 0 Å². The Kier molecular flexibility index (Phi) is 5.84. The van der Waals surface area contributed by atoms with Gasteiger partial charge in [-0.2, -0.15) is 8.42 Å². The summed E-state index contributed by atoms with van der Waals surface area (Å²) in [5, 5.41) is 1.10. The number of nitrogens with zero attached hydrogens (tertiary/aromatic N) is 2. The van der Waals surface area contributed by atoms with Crippen LogP contribution in [0.4, 0.5) is 0 Å². The van der Waals surface area contributed by atoms with E-state index < -0.39 is 10.0 Å². The van der Waals surface area contributed by atoms with Gasteiger partial charge in [-0.05, 0) is 47.5 Å². The molecule has 0 fully saturated rings. The third kappa shape index (κ3) is 4.23. The van der Waals surface area contributed by atoms with E-state index in [1.54, 1.807) is 4.57 Å². The average molecular weight is 475 g/mol. The van der Waals surface area contributed by atoms with E-state index in [9.17, 15) is 8.42 Å². The molecule has 0 radical (unpaired) electrons. The molecule has 4 rings (SSSR count). The van der Waals surface area contributed by atoms with Crippen molar-refractivity contribution in [2.75, 3.05) is 0 Å². The fourth-order valence-corrected chi connectivity index (χ4v) is 5.64. The molecule has 0 unspecified atom stereocenters. The molecule has 4 aromatic rings. The van der Waals surface area contributed by atoms with Gasteiger partial charge >= 0.3 is 0 Å². The summed E-state index contributed by atoms with van der Waals surface area (Å²) in [6.45, 7) is 0. The Bertz CT molecular complexity index is 1360. The third-order valence-electron chi connectivity index (χ3n) is 4.49. The van der Waals surface area contributed by atoms with Crippen molar-refractivity contribution >= 4 is 44.6 Å². The second-order valence-corrected chi connectivity index (χ2v) is 9.97. The van der Waals surface area contributed by atoms with Crippen LogP contribution >= 0.6 is 34.5 Å². The van der Waals surface area contributed by atoms with Gasteiger partial charge in [-0.15, -0.1) is 4.40 Å². The first-order chi connectivity index (χ1) is 14.3. The second kappa shape index (κ2) is 8.40. The first-order valence-electron chi connectivity index (χ1n) is 8.93. The molecule has 0 aliphatic carbocycles. The van der Waals surface area contributed by atoms with Crippen molar-refractivity contribution in [1.82, 2.24) is 4.57 Å². The molecule has 3 aromatic carbocycles. The summed E-state index contributed by atoms with van der Waals surface area (Å²) < 4.78 is 31.7. The lowest BCUT2D eigenvalue weighted by molar-refractivity contribution is 0.596. The maximum atomic E-state index is 12.9. The highest BCUT2D eigenvalue weighted by Crippen LogP contribution is 2.34. The minimum absolute atomic E-state index is 0.0922. The Morgan fingerprint density at radius 2 is 1.37 bits per heavy atom. The van der Waals surface area contributed by atoms with Gasteiger partial charge in [0.1, 0.15) is 0 Å². The minimum atomic E-state index is -3.89. The standard InChI is InChI=1S/C22H16Cl2N2O2S2/c1-26-20(15-7-9-17(23)10-8-15)21(16-5-3-2-4-6-16)29-22(26)25-30(27,28)19-13-11-18(24)12-14-19/h2-14H,1H3. The Morgan fingerprint density at radius 3 is 1.97 bits per heavy atom. The van der Waals surface area contributed by atoms with Gasteiger partial charge in [0.25, 0.3) is 10.0 Å². The normalized spacial score (nSPS) is 12.3. The van der Waals surface area contributed by atoms with Crippen LogP contribution < -0.4 is 4.80 Å². The number of sulfonamides is 1. The molecule has 152 valence electrons. The molecule has 0 amide bonds. The summed E-state index contributed by atoms with van der Waals surface area (Å²) in [7, 11) is -2.08. The molecule has 0 aliphatic rings. The molecule has 0 bridgehead atoms. The van der Waals surface area contributed by atoms with Crippen LogP contribution in [-0.4, -0.2) is 13.0 Å². The van der Waals surface area contributed by atoms with Crippen LogP contribution in [0.5, 0.6) is 0 Å². The molecule has 0 N–H and O–H groups in total. The summed E-state index contributed by atoms with van der Waals surface area (Å²) in [6, 6.07) is 23.2. The van der Waals surface area contributed by atoms with E-state index in [-0.39, 0.29) is 4.90 Å². The highest BCUT2D eigenvalue weighted by Gasteiger charge is 2.18. The Hall–Kier alpha value is -2.38. The molecule has 1 aromatic heterocycles. The van der Waals surface area contributed by atoms with Gasteiger partial charge in [-0.1, -0.05) is 77.0 Å². The summed E-state index contributed by atoms with van der Waals surface area (Å²) in [5.41, 5.74) is 2.77. The van der Waals surface area contributed by atoms with Crippen LogP contribution in [0.2, 0.25) is 10.0 Å². The topological polar surface area (TPSA) is 51.4 Å². The highest BCUT2D eigenvalue weighted by molar-refractivity contribution is 7.90.